The molecule has 0 aliphatic heterocycles. The molecule has 0 unspecified atom stereocenters. The molecule has 0 heterocycles. The maximum atomic E-state index is 13.7. The number of allylic oxidation sites excluding steroid dienone is 3. The third-order valence-electron chi connectivity index (χ3n) is 9.08. The lowest BCUT2D eigenvalue weighted by Crippen LogP contribution is -2.30. The van der Waals surface area contributed by atoms with Crippen molar-refractivity contribution in [1.29, 1.82) is 0 Å². The number of hydrogen-bond acceptors (Lipinski definition) is 6. The lowest BCUT2D eigenvalue weighted by Gasteiger charge is -2.28. The van der Waals surface area contributed by atoms with Crippen LogP contribution in [0.3, 0.4) is 0 Å². The van der Waals surface area contributed by atoms with Crippen molar-refractivity contribution in [3.63, 3.8) is 0 Å². The predicted octanol–water partition coefficient (Wildman–Crippen LogP) is 9.60. The molecule has 1 aliphatic rings. The van der Waals surface area contributed by atoms with Crippen molar-refractivity contribution in [1.82, 2.24) is 0 Å². The number of nitrogens with one attached hydrogen (secondary N) is 1. The molecule has 3 aromatic rings. The first kappa shape index (κ1) is 35.5. The van der Waals surface area contributed by atoms with Crippen molar-refractivity contribution in [2.24, 2.45) is 4.99 Å². The van der Waals surface area contributed by atoms with E-state index in [-0.39, 0.29) is 5.78 Å². The molecule has 6 nitrogen and oxygen atoms in total. The quantitative estimate of drug-likeness (QED) is 0.179. The largest absolute Gasteiger partial charge is 0.369 e. The van der Waals surface area contributed by atoms with Crippen LogP contribution in [-0.4, -0.2) is 49.3 Å². The lowest BCUT2D eigenvalue weighted by atomic mass is 9.88. The van der Waals surface area contributed by atoms with Gasteiger partial charge in [-0.1, -0.05) is 12.1 Å². The van der Waals surface area contributed by atoms with Gasteiger partial charge < -0.3 is 20.0 Å². The minimum atomic E-state index is 0.0184. The second-order valence-corrected chi connectivity index (χ2v) is 13.2. The number of carbonyl (C=O) groups is 1. The molecule has 0 radical (unpaired) electrons. The summed E-state index contributed by atoms with van der Waals surface area (Å²) >= 11 is 0. The third kappa shape index (κ3) is 8.54. The van der Waals surface area contributed by atoms with Gasteiger partial charge in [-0.25, -0.2) is 4.99 Å². The first-order chi connectivity index (χ1) is 22.5. The highest BCUT2D eigenvalue weighted by Crippen LogP contribution is 2.30. The van der Waals surface area contributed by atoms with Gasteiger partial charge in [0.2, 0.25) is 0 Å². The molecule has 0 saturated heterocycles. The topological polar surface area (TPSA) is 51.2 Å². The Kier molecular flexibility index (Phi) is 12.1. The Morgan fingerprint density at radius 1 is 0.638 bits per heavy atom. The van der Waals surface area contributed by atoms with Gasteiger partial charge in [0, 0.05) is 78.6 Å². The molecule has 0 aromatic heterocycles. The number of nitrogens with zero attached hydrogens (tertiary/aromatic N) is 4. The summed E-state index contributed by atoms with van der Waals surface area (Å²) in [6.07, 6.45) is 2.27. The molecule has 0 amide bonds. The number of benzene rings is 3. The lowest BCUT2D eigenvalue weighted by molar-refractivity contribution is -0.111. The molecule has 0 spiro atoms. The summed E-state index contributed by atoms with van der Waals surface area (Å²) < 4.78 is 0. The van der Waals surface area contributed by atoms with E-state index in [0.717, 1.165) is 53.4 Å². The smallest absolute Gasteiger partial charge is 0.184 e. The van der Waals surface area contributed by atoms with E-state index in [1.165, 1.54) is 17.1 Å². The van der Waals surface area contributed by atoms with E-state index in [9.17, 15) is 4.79 Å². The van der Waals surface area contributed by atoms with E-state index >= 15 is 0 Å². The molecular weight excluding hydrogens is 578 g/mol. The number of carbonyl (C=O) groups excluding carboxylic acids is 1. The summed E-state index contributed by atoms with van der Waals surface area (Å²) in [6, 6.07) is 26.7. The zero-order chi connectivity index (χ0) is 34.2. The van der Waals surface area contributed by atoms with Crippen LogP contribution in [-0.2, 0) is 11.2 Å². The zero-order valence-electron chi connectivity index (χ0n) is 30.3. The predicted molar refractivity (Wildman–Crippen MR) is 204 cm³/mol. The number of hydrogen-bond donors (Lipinski definition) is 1. The second kappa shape index (κ2) is 16.0. The van der Waals surface area contributed by atoms with E-state index in [0.29, 0.717) is 30.2 Å². The Morgan fingerprint density at radius 3 is 1.49 bits per heavy atom. The van der Waals surface area contributed by atoms with Gasteiger partial charge in [-0.15, -0.1) is 0 Å². The summed E-state index contributed by atoms with van der Waals surface area (Å²) in [7, 11) is 0. The molecule has 1 N–H and O–H groups in total. The Hall–Kier alpha value is -4.32. The molecule has 0 saturated carbocycles. The highest BCUT2D eigenvalue weighted by molar-refractivity contribution is 6.26. The summed E-state index contributed by atoms with van der Waals surface area (Å²) in [4.78, 5) is 26.0. The molecule has 3 aromatic carbocycles. The molecular formula is C41H55N5O. The van der Waals surface area contributed by atoms with Gasteiger partial charge in [-0.2, -0.15) is 0 Å². The summed E-state index contributed by atoms with van der Waals surface area (Å²) in [5, 5.41) is 3.54. The fraction of sp³-hybridized carbons (Fsp3) is 0.415. The van der Waals surface area contributed by atoms with Crippen molar-refractivity contribution < 1.29 is 4.79 Å². The standard InChI is InChI=1S/C41H55N5O/c1-11-44(28(4)5)35-20-14-32(15-21-35)26-38-31(10)41(43-34-18-24-37(25-19-34)46(13-3)30(8)9)39(27-40(38)47)42-33-16-22-36(23-17-33)45(12-2)29(6)7/h14-25,27-30,42H,11-13,26H2,1-10H3. The highest BCUT2D eigenvalue weighted by atomic mass is 16.1. The number of aliphatic imine (C=N–C) groups is 1. The van der Waals surface area contributed by atoms with Crippen LogP contribution in [0.5, 0.6) is 0 Å². The average Bonchev–Trinajstić information content (AvgIpc) is 3.04. The normalized spacial score (nSPS) is 14.4. The Balaban J connectivity index is 1.69. The molecule has 0 atom stereocenters. The third-order valence-corrected chi connectivity index (χ3v) is 9.08. The van der Waals surface area contributed by atoms with Crippen molar-refractivity contribution in [2.45, 2.75) is 93.8 Å². The highest BCUT2D eigenvalue weighted by Gasteiger charge is 2.25. The minimum absolute atomic E-state index is 0.0184. The molecule has 0 bridgehead atoms. The molecule has 0 fully saturated rings. The van der Waals surface area contributed by atoms with Gasteiger partial charge >= 0.3 is 0 Å². The maximum Gasteiger partial charge on any atom is 0.184 e. The van der Waals surface area contributed by atoms with Crippen molar-refractivity contribution in [3.05, 3.63) is 101 Å². The van der Waals surface area contributed by atoms with Gasteiger partial charge in [0.25, 0.3) is 0 Å². The Bertz CT molecular complexity index is 1580. The monoisotopic (exact) mass is 633 g/mol. The van der Waals surface area contributed by atoms with Gasteiger partial charge in [0.05, 0.1) is 17.1 Å². The van der Waals surface area contributed by atoms with Crippen LogP contribution in [0.1, 0.15) is 74.8 Å². The number of anilines is 4. The number of ketones is 1. The minimum Gasteiger partial charge on any atom is -0.369 e. The van der Waals surface area contributed by atoms with Gasteiger partial charge in [-0.3, -0.25) is 4.79 Å². The van der Waals surface area contributed by atoms with Crippen LogP contribution in [0.15, 0.2) is 101 Å². The summed E-state index contributed by atoms with van der Waals surface area (Å²) in [6.45, 7) is 24.7. The molecule has 1 aliphatic carbocycles. The molecule has 4 rings (SSSR count). The van der Waals surface area contributed by atoms with Crippen LogP contribution in [0, 0.1) is 0 Å². The van der Waals surface area contributed by atoms with Crippen LogP contribution >= 0.6 is 0 Å². The van der Waals surface area contributed by atoms with Crippen LogP contribution in [0.4, 0.5) is 28.4 Å². The molecule has 47 heavy (non-hydrogen) atoms. The van der Waals surface area contributed by atoms with Crippen LogP contribution < -0.4 is 20.0 Å². The Labute approximate surface area is 283 Å². The summed E-state index contributed by atoms with van der Waals surface area (Å²) in [5.74, 6) is 0.0184. The maximum absolute atomic E-state index is 13.7. The van der Waals surface area contributed by atoms with Crippen LogP contribution in [0.2, 0.25) is 0 Å². The van der Waals surface area contributed by atoms with Crippen molar-refractivity contribution in [2.75, 3.05) is 39.7 Å². The SMILES string of the molecule is CCN(c1ccc(CC2=C(C)C(=Nc3ccc(N(CC)C(C)C)cc3)C(Nc3ccc(N(CC)C(C)C)cc3)=CC2=O)cc1)C(C)C. The van der Waals surface area contributed by atoms with E-state index in [1.807, 2.05) is 6.92 Å². The average molecular weight is 634 g/mol. The van der Waals surface area contributed by atoms with Crippen molar-refractivity contribution in [3.8, 4) is 0 Å². The van der Waals surface area contributed by atoms with Gasteiger partial charge in [0.1, 0.15) is 0 Å². The first-order valence-electron chi connectivity index (χ1n) is 17.4. The van der Waals surface area contributed by atoms with E-state index in [4.69, 9.17) is 4.99 Å². The molecule has 250 valence electrons. The van der Waals surface area contributed by atoms with E-state index in [2.05, 4.69) is 155 Å². The molecule has 6 heteroatoms. The van der Waals surface area contributed by atoms with Crippen molar-refractivity contribution >= 4 is 39.9 Å². The van der Waals surface area contributed by atoms with E-state index < -0.39 is 0 Å². The second-order valence-electron chi connectivity index (χ2n) is 13.2. The fourth-order valence-electron chi connectivity index (χ4n) is 6.56. The van der Waals surface area contributed by atoms with Gasteiger partial charge in [0.15, 0.2) is 5.78 Å². The summed E-state index contributed by atoms with van der Waals surface area (Å²) in [5.41, 5.74) is 9.62. The van der Waals surface area contributed by atoms with Crippen LogP contribution in [0.25, 0.3) is 0 Å². The van der Waals surface area contributed by atoms with Gasteiger partial charge in [-0.05, 0) is 141 Å². The zero-order valence-corrected chi connectivity index (χ0v) is 30.3. The Morgan fingerprint density at radius 2 is 1.06 bits per heavy atom. The number of rotatable bonds is 14. The van der Waals surface area contributed by atoms with E-state index in [1.54, 1.807) is 6.08 Å². The first-order valence-corrected chi connectivity index (χ1v) is 17.4. The fourth-order valence-corrected chi connectivity index (χ4v) is 6.56.